The van der Waals surface area contributed by atoms with Crippen LogP contribution in [-0.2, 0) is 32.7 Å². The Balaban J connectivity index is 4.09. The van der Waals surface area contributed by atoms with E-state index < -0.39 is 26.5 Å². The Hall–Kier alpha value is -2.29. The first-order valence-corrected chi connectivity index (χ1v) is 31.0. The molecule has 0 rings (SSSR count). The van der Waals surface area contributed by atoms with E-state index in [1.807, 2.05) is 21.1 Å². The summed E-state index contributed by atoms with van der Waals surface area (Å²) in [5.74, 6) is -0.808. The minimum Gasteiger partial charge on any atom is -0.462 e. The van der Waals surface area contributed by atoms with Crippen molar-refractivity contribution in [1.82, 2.24) is 0 Å². The Morgan fingerprint density at radius 2 is 0.761 bits per heavy atom. The van der Waals surface area contributed by atoms with E-state index in [1.165, 1.54) is 161 Å². The number of unbranched alkanes of at least 4 members (excludes halogenated alkanes) is 30. The molecule has 0 aromatic carbocycles. The number of quaternary nitrogens is 1. The van der Waals surface area contributed by atoms with Crippen LogP contribution in [0.4, 0.5) is 0 Å². The van der Waals surface area contributed by atoms with E-state index in [0.29, 0.717) is 17.4 Å². The molecule has 0 bridgehead atoms. The standard InChI is InChI=1S/C61H112NO8P/c1-6-8-10-12-14-16-18-20-22-24-25-26-27-28-29-30-31-32-33-34-35-36-37-38-40-42-44-46-48-50-52-54-61(64)70-59(58-69-71(65,66)68-56-55-62(3,4)5)57-67-60(63)53-51-49-47-45-43-41-39-23-21-19-17-15-13-11-9-7-2/h17-20,23-25,27-28,39,59H,6-16,21-22,26,29-38,40-58H2,1-5H3/p+1/b19-17-,20-18-,25-24-,28-27-,39-23-. The molecule has 0 aliphatic carbocycles. The van der Waals surface area contributed by atoms with Crippen LogP contribution in [0.15, 0.2) is 60.8 Å². The largest absolute Gasteiger partial charge is 0.472 e. The van der Waals surface area contributed by atoms with Gasteiger partial charge < -0.3 is 18.9 Å². The summed E-state index contributed by atoms with van der Waals surface area (Å²) in [6, 6.07) is 0. The molecule has 1 N–H and O–H groups in total. The molecule has 0 saturated carbocycles. The van der Waals surface area contributed by atoms with Crippen molar-refractivity contribution >= 4 is 19.8 Å². The third kappa shape index (κ3) is 56.9. The highest BCUT2D eigenvalue weighted by atomic mass is 31.2. The average molecular weight is 1020 g/mol. The zero-order valence-corrected chi connectivity index (χ0v) is 47.9. The molecule has 2 atom stereocenters. The van der Waals surface area contributed by atoms with E-state index in [9.17, 15) is 19.0 Å². The fourth-order valence-electron chi connectivity index (χ4n) is 8.17. The predicted octanol–water partition coefficient (Wildman–Crippen LogP) is 18.3. The smallest absolute Gasteiger partial charge is 0.462 e. The summed E-state index contributed by atoms with van der Waals surface area (Å²) < 4.78 is 34.5. The average Bonchev–Trinajstić information content (AvgIpc) is 3.33. The van der Waals surface area contributed by atoms with Crippen molar-refractivity contribution < 1.29 is 42.1 Å². The number of nitrogens with zero attached hydrogens (tertiary/aromatic N) is 1. The number of carbonyl (C=O) groups excluding carboxylic acids is 2. The zero-order valence-electron chi connectivity index (χ0n) is 47.0. The van der Waals surface area contributed by atoms with Gasteiger partial charge >= 0.3 is 19.8 Å². The minimum absolute atomic E-state index is 0.0285. The molecule has 0 fully saturated rings. The van der Waals surface area contributed by atoms with Gasteiger partial charge in [0.05, 0.1) is 27.7 Å². The van der Waals surface area contributed by atoms with Gasteiger partial charge in [-0.15, -0.1) is 0 Å². The Labute approximate surface area is 438 Å². The molecule has 0 aliphatic heterocycles. The van der Waals surface area contributed by atoms with Crippen LogP contribution in [-0.4, -0.2) is 74.9 Å². The van der Waals surface area contributed by atoms with Crippen LogP contribution in [0.3, 0.4) is 0 Å². The molecule has 0 spiro atoms. The van der Waals surface area contributed by atoms with Gasteiger partial charge in [0.2, 0.25) is 0 Å². The number of likely N-dealkylation sites (N-methyl/N-ethyl adjacent to an activating group) is 1. The molecule has 71 heavy (non-hydrogen) atoms. The highest BCUT2D eigenvalue weighted by Crippen LogP contribution is 2.43. The lowest BCUT2D eigenvalue weighted by Crippen LogP contribution is -2.37. The lowest BCUT2D eigenvalue weighted by Gasteiger charge is -2.24. The lowest BCUT2D eigenvalue weighted by molar-refractivity contribution is -0.870. The van der Waals surface area contributed by atoms with Gasteiger partial charge in [-0.1, -0.05) is 229 Å². The van der Waals surface area contributed by atoms with Crippen LogP contribution in [0.1, 0.15) is 264 Å². The molecule has 414 valence electrons. The van der Waals surface area contributed by atoms with Crippen molar-refractivity contribution in [3.8, 4) is 0 Å². The number of carbonyl (C=O) groups is 2. The number of ether oxygens (including phenoxy) is 2. The van der Waals surface area contributed by atoms with Gasteiger partial charge in [0.1, 0.15) is 19.8 Å². The number of rotatable bonds is 54. The van der Waals surface area contributed by atoms with Crippen molar-refractivity contribution in [2.24, 2.45) is 0 Å². The van der Waals surface area contributed by atoms with Gasteiger partial charge in [-0.3, -0.25) is 18.6 Å². The van der Waals surface area contributed by atoms with Gasteiger partial charge in [0, 0.05) is 12.8 Å². The summed E-state index contributed by atoms with van der Waals surface area (Å²) >= 11 is 0. The molecule has 0 radical (unpaired) electrons. The van der Waals surface area contributed by atoms with Crippen molar-refractivity contribution in [1.29, 1.82) is 0 Å². The maximum Gasteiger partial charge on any atom is 0.472 e. The third-order valence-electron chi connectivity index (χ3n) is 12.8. The van der Waals surface area contributed by atoms with E-state index in [0.717, 1.165) is 70.6 Å². The fraction of sp³-hybridized carbons (Fsp3) is 0.803. The maximum atomic E-state index is 12.8. The zero-order chi connectivity index (χ0) is 52.0. The lowest BCUT2D eigenvalue weighted by atomic mass is 10.0. The number of esters is 2. The number of phosphoric ester groups is 1. The minimum atomic E-state index is -4.39. The van der Waals surface area contributed by atoms with Gasteiger partial charge in [0.15, 0.2) is 6.10 Å². The number of phosphoric acid groups is 1. The monoisotopic (exact) mass is 1020 g/mol. The molecule has 0 aliphatic rings. The molecule has 0 heterocycles. The highest BCUT2D eigenvalue weighted by molar-refractivity contribution is 7.47. The summed E-state index contributed by atoms with van der Waals surface area (Å²) in [4.78, 5) is 35.6. The first-order valence-electron chi connectivity index (χ1n) is 29.5. The summed E-state index contributed by atoms with van der Waals surface area (Å²) in [5.41, 5.74) is 0. The normalized spacial score (nSPS) is 13.7. The number of allylic oxidation sites excluding steroid dienone is 10. The highest BCUT2D eigenvalue weighted by Gasteiger charge is 2.27. The molecular weight excluding hydrogens is 906 g/mol. The third-order valence-corrected chi connectivity index (χ3v) is 13.8. The van der Waals surface area contributed by atoms with Crippen LogP contribution in [0, 0.1) is 0 Å². The Bertz CT molecular complexity index is 1380. The molecular formula is C61H113NO8P+. The first-order chi connectivity index (χ1) is 34.5. The summed E-state index contributed by atoms with van der Waals surface area (Å²) in [6.45, 7) is 4.41. The van der Waals surface area contributed by atoms with Gasteiger partial charge in [-0.05, 0) is 83.5 Å². The predicted molar refractivity (Wildman–Crippen MR) is 303 cm³/mol. The summed E-state index contributed by atoms with van der Waals surface area (Å²) in [5, 5.41) is 0. The van der Waals surface area contributed by atoms with Crippen LogP contribution in [0.5, 0.6) is 0 Å². The molecule has 9 nitrogen and oxygen atoms in total. The van der Waals surface area contributed by atoms with E-state index in [-0.39, 0.29) is 32.0 Å². The van der Waals surface area contributed by atoms with E-state index in [4.69, 9.17) is 18.5 Å². The van der Waals surface area contributed by atoms with Crippen molar-refractivity contribution in [2.45, 2.75) is 270 Å². The maximum absolute atomic E-state index is 12.8. The van der Waals surface area contributed by atoms with Gasteiger partial charge in [0.25, 0.3) is 0 Å². The van der Waals surface area contributed by atoms with Crippen LogP contribution >= 0.6 is 7.82 Å². The second-order valence-corrected chi connectivity index (χ2v) is 22.5. The van der Waals surface area contributed by atoms with Crippen molar-refractivity contribution in [3.05, 3.63) is 60.8 Å². The first kappa shape index (κ1) is 68.7. The fourth-order valence-corrected chi connectivity index (χ4v) is 8.91. The van der Waals surface area contributed by atoms with Gasteiger partial charge in [-0.25, -0.2) is 4.57 Å². The molecule has 0 aromatic heterocycles. The molecule has 0 amide bonds. The second kappa shape index (κ2) is 52.6. The van der Waals surface area contributed by atoms with E-state index >= 15 is 0 Å². The number of hydrogen-bond acceptors (Lipinski definition) is 7. The van der Waals surface area contributed by atoms with Crippen LogP contribution in [0.25, 0.3) is 0 Å². The van der Waals surface area contributed by atoms with E-state index in [2.05, 4.69) is 74.6 Å². The Kier molecular flexibility index (Phi) is 50.9. The Morgan fingerprint density at radius 3 is 1.14 bits per heavy atom. The topological polar surface area (TPSA) is 108 Å². The van der Waals surface area contributed by atoms with Crippen LogP contribution < -0.4 is 0 Å². The summed E-state index contributed by atoms with van der Waals surface area (Å²) in [6.07, 6.45) is 67.2. The quantitative estimate of drug-likeness (QED) is 0.0211. The second-order valence-electron chi connectivity index (χ2n) is 21.0. The summed E-state index contributed by atoms with van der Waals surface area (Å²) in [7, 11) is 1.47. The molecule has 0 aromatic rings. The molecule has 10 heteroatoms. The van der Waals surface area contributed by atoms with Crippen molar-refractivity contribution in [2.75, 3.05) is 47.5 Å². The Morgan fingerprint density at radius 1 is 0.437 bits per heavy atom. The van der Waals surface area contributed by atoms with Crippen molar-refractivity contribution in [3.63, 3.8) is 0 Å². The van der Waals surface area contributed by atoms with E-state index in [1.54, 1.807) is 0 Å². The van der Waals surface area contributed by atoms with Gasteiger partial charge in [-0.2, -0.15) is 0 Å². The number of hydrogen-bond donors (Lipinski definition) is 1. The van der Waals surface area contributed by atoms with Crippen LogP contribution in [0.2, 0.25) is 0 Å². The SMILES string of the molecule is CCCCCC/C=C\C/C=C\CCCCCCCC(=O)OCC(COP(=O)(O)OCC[N+](C)(C)C)OC(=O)CCCCCCCCCCCCCCCCCC/C=C\C/C=C\C/C=C\CCCCCCC. The molecule has 2 unspecified atom stereocenters. The molecule has 0 saturated heterocycles.